The Bertz CT molecular complexity index is 510. The summed E-state index contributed by atoms with van der Waals surface area (Å²) in [6.45, 7) is 3.31. The minimum atomic E-state index is 0.664. The molecule has 1 heterocycles. The second-order valence-corrected chi connectivity index (χ2v) is 4.95. The van der Waals surface area contributed by atoms with Gasteiger partial charge in [-0.25, -0.2) is 0 Å². The molecule has 0 amide bonds. The van der Waals surface area contributed by atoms with Crippen LogP contribution in [0, 0.1) is 0 Å². The standard InChI is InChI=1S/C15H19NO2S/c1-3-17-15-7-5-4-6-14(15)16-10-12-8-9-13(18-12)11-19-2/h4-9,16H,3,10-11H2,1-2H3. The first-order chi connectivity index (χ1) is 9.33. The molecule has 3 nitrogen and oxygen atoms in total. The Morgan fingerprint density at radius 2 is 1.95 bits per heavy atom. The highest BCUT2D eigenvalue weighted by Crippen LogP contribution is 2.24. The van der Waals surface area contributed by atoms with Crippen molar-refractivity contribution in [3.05, 3.63) is 47.9 Å². The summed E-state index contributed by atoms with van der Waals surface area (Å²) in [5.74, 6) is 3.74. The van der Waals surface area contributed by atoms with Crippen LogP contribution in [0.2, 0.25) is 0 Å². The molecule has 0 aliphatic carbocycles. The van der Waals surface area contributed by atoms with Crippen molar-refractivity contribution in [2.75, 3.05) is 18.2 Å². The van der Waals surface area contributed by atoms with Gasteiger partial charge in [0.15, 0.2) is 0 Å². The largest absolute Gasteiger partial charge is 0.492 e. The van der Waals surface area contributed by atoms with Gasteiger partial charge in [0.2, 0.25) is 0 Å². The van der Waals surface area contributed by atoms with E-state index in [1.807, 2.05) is 43.3 Å². The topological polar surface area (TPSA) is 34.4 Å². The highest BCUT2D eigenvalue weighted by atomic mass is 32.2. The number of rotatable bonds is 7. The predicted molar refractivity (Wildman–Crippen MR) is 80.9 cm³/mol. The van der Waals surface area contributed by atoms with E-state index in [4.69, 9.17) is 9.15 Å². The third-order valence-electron chi connectivity index (χ3n) is 2.64. The van der Waals surface area contributed by atoms with Gasteiger partial charge in [0.05, 0.1) is 24.6 Å². The highest BCUT2D eigenvalue weighted by Gasteiger charge is 2.04. The van der Waals surface area contributed by atoms with Gasteiger partial charge >= 0.3 is 0 Å². The third kappa shape index (κ3) is 3.96. The van der Waals surface area contributed by atoms with Crippen LogP contribution in [0.4, 0.5) is 5.69 Å². The van der Waals surface area contributed by atoms with Gasteiger partial charge in [-0.05, 0) is 37.4 Å². The van der Waals surface area contributed by atoms with Gasteiger partial charge in [-0.15, -0.1) is 0 Å². The Labute approximate surface area is 118 Å². The zero-order valence-electron chi connectivity index (χ0n) is 11.3. The number of nitrogens with one attached hydrogen (secondary N) is 1. The molecule has 4 heteroatoms. The maximum absolute atomic E-state index is 5.72. The molecule has 0 spiro atoms. The van der Waals surface area contributed by atoms with E-state index >= 15 is 0 Å². The van der Waals surface area contributed by atoms with Crippen LogP contribution in [0.15, 0.2) is 40.8 Å². The smallest absolute Gasteiger partial charge is 0.142 e. The summed E-state index contributed by atoms with van der Waals surface area (Å²) >= 11 is 1.76. The summed E-state index contributed by atoms with van der Waals surface area (Å²) < 4.78 is 11.3. The van der Waals surface area contributed by atoms with Crippen LogP contribution in [0.1, 0.15) is 18.4 Å². The summed E-state index contributed by atoms with van der Waals surface area (Å²) in [5.41, 5.74) is 0.993. The van der Waals surface area contributed by atoms with E-state index in [1.165, 1.54) is 0 Å². The molecular weight excluding hydrogens is 258 g/mol. The molecule has 2 aromatic rings. The SMILES string of the molecule is CCOc1ccccc1NCc1ccc(CSC)o1. The molecule has 0 fully saturated rings. The first-order valence-corrected chi connectivity index (χ1v) is 7.75. The molecule has 0 aliphatic rings. The molecule has 0 bridgehead atoms. The maximum atomic E-state index is 5.72. The van der Waals surface area contributed by atoms with Crippen molar-refractivity contribution in [2.45, 2.75) is 19.2 Å². The van der Waals surface area contributed by atoms with Gasteiger partial charge in [-0.3, -0.25) is 0 Å². The molecule has 0 unspecified atom stereocenters. The molecule has 1 aromatic heterocycles. The zero-order chi connectivity index (χ0) is 13.5. The van der Waals surface area contributed by atoms with Gasteiger partial charge in [0.25, 0.3) is 0 Å². The normalized spacial score (nSPS) is 10.4. The number of para-hydroxylation sites is 2. The van der Waals surface area contributed by atoms with Gasteiger partial charge in [-0.2, -0.15) is 11.8 Å². The first-order valence-electron chi connectivity index (χ1n) is 6.35. The number of ether oxygens (including phenoxy) is 1. The van der Waals surface area contributed by atoms with Crippen molar-refractivity contribution in [3.8, 4) is 5.75 Å². The average molecular weight is 277 g/mol. The van der Waals surface area contributed by atoms with Gasteiger partial charge < -0.3 is 14.5 Å². The van der Waals surface area contributed by atoms with Crippen LogP contribution in [0.5, 0.6) is 5.75 Å². The predicted octanol–water partition coefficient (Wildman–Crippen LogP) is 4.15. The Kier molecular flexibility index (Phi) is 5.21. The number of anilines is 1. The quantitative estimate of drug-likeness (QED) is 0.824. The zero-order valence-corrected chi connectivity index (χ0v) is 12.1. The summed E-state index contributed by atoms with van der Waals surface area (Å²) in [5, 5.41) is 3.34. The maximum Gasteiger partial charge on any atom is 0.142 e. The summed E-state index contributed by atoms with van der Waals surface area (Å²) in [6, 6.07) is 12.0. The molecule has 1 N–H and O–H groups in total. The second kappa shape index (κ2) is 7.14. The molecule has 102 valence electrons. The first kappa shape index (κ1) is 13.9. The average Bonchev–Trinajstić information content (AvgIpc) is 2.86. The van der Waals surface area contributed by atoms with Crippen molar-refractivity contribution in [1.29, 1.82) is 0 Å². The van der Waals surface area contributed by atoms with Crippen molar-refractivity contribution in [1.82, 2.24) is 0 Å². The minimum absolute atomic E-state index is 0.664. The van der Waals surface area contributed by atoms with E-state index < -0.39 is 0 Å². The third-order valence-corrected chi connectivity index (χ3v) is 3.22. The van der Waals surface area contributed by atoms with Gasteiger partial charge in [0.1, 0.15) is 17.3 Å². The Hall–Kier alpha value is -1.55. The van der Waals surface area contributed by atoms with Crippen LogP contribution in [-0.4, -0.2) is 12.9 Å². The van der Waals surface area contributed by atoms with E-state index in [1.54, 1.807) is 11.8 Å². The monoisotopic (exact) mass is 277 g/mol. The molecule has 0 radical (unpaired) electrons. The minimum Gasteiger partial charge on any atom is -0.492 e. The van der Waals surface area contributed by atoms with Crippen LogP contribution in [0.25, 0.3) is 0 Å². The second-order valence-electron chi connectivity index (χ2n) is 4.08. The molecule has 19 heavy (non-hydrogen) atoms. The van der Waals surface area contributed by atoms with Crippen molar-refractivity contribution >= 4 is 17.4 Å². The lowest BCUT2D eigenvalue weighted by Gasteiger charge is -2.11. The fourth-order valence-electron chi connectivity index (χ4n) is 1.81. The summed E-state index contributed by atoms with van der Waals surface area (Å²) in [6.07, 6.45) is 2.07. The van der Waals surface area contributed by atoms with Crippen LogP contribution in [-0.2, 0) is 12.3 Å². The van der Waals surface area contributed by atoms with Crippen molar-refractivity contribution in [2.24, 2.45) is 0 Å². The van der Waals surface area contributed by atoms with E-state index in [2.05, 4.69) is 11.6 Å². The number of hydrogen-bond donors (Lipinski definition) is 1. The summed E-state index contributed by atoms with van der Waals surface area (Å²) in [4.78, 5) is 0. The van der Waals surface area contributed by atoms with Crippen LogP contribution < -0.4 is 10.1 Å². The van der Waals surface area contributed by atoms with E-state index in [0.29, 0.717) is 13.2 Å². The highest BCUT2D eigenvalue weighted by molar-refractivity contribution is 7.97. The fourth-order valence-corrected chi connectivity index (χ4v) is 2.25. The number of benzene rings is 1. The Balaban J connectivity index is 1.97. The van der Waals surface area contributed by atoms with Crippen LogP contribution in [0.3, 0.4) is 0 Å². The van der Waals surface area contributed by atoms with E-state index in [0.717, 1.165) is 28.7 Å². The Morgan fingerprint density at radius 3 is 2.74 bits per heavy atom. The number of furan rings is 1. The Morgan fingerprint density at radius 1 is 1.16 bits per heavy atom. The molecule has 0 aliphatic heterocycles. The molecule has 0 saturated heterocycles. The lowest BCUT2D eigenvalue weighted by atomic mass is 10.3. The van der Waals surface area contributed by atoms with E-state index in [9.17, 15) is 0 Å². The molecular formula is C15H19NO2S. The van der Waals surface area contributed by atoms with Gasteiger partial charge in [0, 0.05) is 0 Å². The van der Waals surface area contributed by atoms with Gasteiger partial charge in [-0.1, -0.05) is 12.1 Å². The van der Waals surface area contributed by atoms with E-state index in [-0.39, 0.29) is 0 Å². The molecule has 2 rings (SSSR count). The lowest BCUT2D eigenvalue weighted by Crippen LogP contribution is -2.01. The summed E-state index contributed by atoms with van der Waals surface area (Å²) in [7, 11) is 0. The molecule has 0 atom stereocenters. The fraction of sp³-hybridized carbons (Fsp3) is 0.333. The van der Waals surface area contributed by atoms with Crippen LogP contribution >= 0.6 is 11.8 Å². The lowest BCUT2D eigenvalue weighted by molar-refractivity contribution is 0.341. The number of thioether (sulfide) groups is 1. The molecule has 1 aromatic carbocycles. The van der Waals surface area contributed by atoms with Crippen molar-refractivity contribution < 1.29 is 9.15 Å². The number of hydrogen-bond acceptors (Lipinski definition) is 4. The van der Waals surface area contributed by atoms with Crippen molar-refractivity contribution in [3.63, 3.8) is 0 Å². The molecule has 0 saturated carbocycles.